The Labute approximate surface area is 381 Å². The molecule has 2 bridgehead atoms. The van der Waals surface area contributed by atoms with Gasteiger partial charge in [-0.25, -0.2) is 0 Å². The number of aliphatic hydroxyl groups is 13. The van der Waals surface area contributed by atoms with Crippen LogP contribution in [0, 0.1) is 28.1 Å². The second kappa shape index (κ2) is 18.9. The van der Waals surface area contributed by atoms with Gasteiger partial charge < -0.3 is 104 Å². The molecule has 8 fully saturated rings. The highest BCUT2D eigenvalue weighted by molar-refractivity contribution is 5.77. The highest BCUT2D eigenvalue weighted by Crippen LogP contribution is 2.73. The Morgan fingerprint density at radius 2 is 1.17 bits per heavy atom. The van der Waals surface area contributed by atoms with Gasteiger partial charge in [0.1, 0.15) is 91.6 Å². The number of hydrogen-bond donors (Lipinski definition) is 13. The molecule has 0 radical (unpaired) electrons. The van der Waals surface area contributed by atoms with Crippen LogP contribution in [0.5, 0.6) is 0 Å². The zero-order chi connectivity index (χ0) is 48.0. The summed E-state index contributed by atoms with van der Waals surface area (Å²) in [4.78, 5) is 14.2. The molecule has 8 aliphatic rings. The zero-order valence-corrected chi connectivity index (χ0v) is 37.4. The first kappa shape index (κ1) is 50.8. The lowest BCUT2D eigenvalue weighted by molar-refractivity contribution is -0.391. The van der Waals surface area contributed by atoms with Crippen LogP contribution >= 0.6 is 0 Å². The molecule has 0 amide bonds. The number of carbonyl (C=O) groups excluding carboxylic acids is 1. The molecule has 0 aromatic carbocycles. The summed E-state index contributed by atoms with van der Waals surface area (Å²) in [5.74, 6) is -0.679. The third-order valence-corrected chi connectivity index (χ3v) is 17.0. The van der Waals surface area contributed by atoms with Gasteiger partial charge in [-0.1, -0.05) is 19.9 Å². The van der Waals surface area contributed by atoms with Crippen molar-refractivity contribution in [3.05, 3.63) is 12.2 Å². The van der Waals surface area contributed by atoms with Gasteiger partial charge in [-0.15, -0.1) is 0 Å². The van der Waals surface area contributed by atoms with E-state index in [-0.39, 0.29) is 22.7 Å². The fourth-order valence-electron chi connectivity index (χ4n) is 13.4. The lowest BCUT2D eigenvalue weighted by atomic mass is 9.41. The third-order valence-electron chi connectivity index (χ3n) is 17.0. The number of ether oxygens (including phenoxy) is 8. The molecule has 22 heteroatoms. The largest absolute Gasteiger partial charge is 0.432 e. The van der Waals surface area contributed by atoms with E-state index in [1.54, 1.807) is 0 Å². The van der Waals surface area contributed by atoms with Crippen LogP contribution in [-0.4, -0.2) is 221 Å². The van der Waals surface area contributed by atoms with Crippen molar-refractivity contribution in [2.24, 2.45) is 28.1 Å². The topological polar surface area (TPSA) is 354 Å². The van der Waals surface area contributed by atoms with E-state index >= 15 is 0 Å². The second-order valence-electron chi connectivity index (χ2n) is 20.8. The summed E-state index contributed by atoms with van der Waals surface area (Å²) < 4.78 is 47.4. The lowest BCUT2D eigenvalue weighted by Gasteiger charge is -2.64. The second-order valence-corrected chi connectivity index (χ2v) is 20.8. The average molecular weight is 951 g/mol. The molecular formula is C44H70O22. The van der Waals surface area contributed by atoms with Gasteiger partial charge in [-0.3, -0.25) is 4.79 Å². The first-order valence-electron chi connectivity index (χ1n) is 23.2. The van der Waals surface area contributed by atoms with E-state index in [2.05, 4.69) is 13.5 Å². The molecule has 0 aromatic rings. The number of aliphatic hydroxyl groups excluding tert-OH is 13. The molecule has 22 nitrogen and oxygen atoms in total. The molecule has 8 rings (SSSR count). The van der Waals surface area contributed by atoms with Crippen molar-refractivity contribution in [3.8, 4) is 0 Å². The Kier molecular flexibility index (Phi) is 14.5. The van der Waals surface area contributed by atoms with E-state index < -0.39 is 160 Å². The van der Waals surface area contributed by atoms with E-state index in [0.29, 0.717) is 51.4 Å². The maximum atomic E-state index is 14.2. The van der Waals surface area contributed by atoms with Crippen molar-refractivity contribution in [2.45, 2.75) is 207 Å². The molecule has 13 N–H and O–H groups in total. The molecule has 4 aliphatic carbocycles. The van der Waals surface area contributed by atoms with E-state index in [1.807, 2.05) is 6.92 Å². The molecule has 1 spiro atoms. The first-order valence-corrected chi connectivity index (χ1v) is 23.2. The molecule has 4 heterocycles. The Bertz CT molecular complexity index is 1740. The van der Waals surface area contributed by atoms with Gasteiger partial charge in [-0.05, 0) is 93.5 Å². The van der Waals surface area contributed by atoms with E-state index in [9.17, 15) is 71.2 Å². The molecule has 1 unspecified atom stereocenters. The van der Waals surface area contributed by atoms with E-state index in [0.717, 1.165) is 12.0 Å². The molecular weight excluding hydrogens is 880 g/mol. The predicted octanol–water partition coefficient (Wildman–Crippen LogP) is -4.09. The fraction of sp³-hybridized carbons (Fsp3) is 0.932. The molecule has 0 aromatic heterocycles. The summed E-state index contributed by atoms with van der Waals surface area (Å²) in [6.07, 6.45) is -27.1. The first-order chi connectivity index (χ1) is 31.1. The Morgan fingerprint density at radius 1 is 0.606 bits per heavy atom. The fourth-order valence-corrected chi connectivity index (χ4v) is 13.4. The molecule has 378 valence electrons. The highest BCUT2D eigenvalue weighted by Gasteiger charge is 2.69. The quantitative estimate of drug-likeness (QED) is 0.0532. The number of carbonyl (C=O) groups is 1. The van der Waals surface area contributed by atoms with Crippen molar-refractivity contribution in [3.63, 3.8) is 0 Å². The number of fused-ring (bicyclic) bond motifs is 3. The SMILES string of the molecule is C=C1CC23CC[C@H]4[C@@](C)(CCC[C@@]4(C)C(=O)O[C@@H]4O[C@H](CO)[C@@H](O)[C@H](O)[C@H]4O)[C@@H]2CC[C@]1(O[C@@H]1O[C@H](CO)[C@@H](O)[C@H](O[C@@H]2O[C@H](CO)[C@@H](O)[C@H](O)[C@H]2O[C@@H]2O[C@@H](C)[C@H](O)[C@@H](O)[C@H]2O)[C@H]1O)C3. The number of esters is 1. The number of hydrogen-bond acceptors (Lipinski definition) is 22. The molecule has 66 heavy (non-hydrogen) atoms. The predicted molar refractivity (Wildman–Crippen MR) is 218 cm³/mol. The Balaban J connectivity index is 0.990. The van der Waals surface area contributed by atoms with Gasteiger partial charge in [0, 0.05) is 0 Å². The van der Waals surface area contributed by atoms with Crippen molar-refractivity contribution >= 4 is 5.97 Å². The van der Waals surface area contributed by atoms with Crippen LogP contribution in [0.25, 0.3) is 0 Å². The third kappa shape index (κ3) is 8.30. The van der Waals surface area contributed by atoms with Gasteiger partial charge in [0.15, 0.2) is 18.9 Å². The van der Waals surface area contributed by atoms with Crippen LogP contribution in [0.15, 0.2) is 12.2 Å². The van der Waals surface area contributed by atoms with Crippen LogP contribution in [0.3, 0.4) is 0 Å². The van der Waals surface area contributed by atoms with Crippen molar-refractivity contribution in [2.75, 3.05) is 19.8 Å². The normalized spacial score (nSPS) is 55.2. The standard InChI is InChI=1S/C44H70O22/c1-17-12-43-10-6-22-41(3,8-5-9-42(22,4)40(58)65-37-32(56)29(53)25(49)19(13-45)60-37)23(43)7-11-44(17,16-43)66-38-33(57)34(27(51)21(15-47)61-38)63-39-35(30(54)26(50)20(14-46)62-39)64-36-31(55)28(52)24(48)18(2)59-36/h18-39,45-57H,1,5-16H2,2-4H3/t18-,19+,20+,21+,22-,23-,24-,25+,26+,27+,28+,29-,30-,31+,32+,33+,34-,35+,36-,37-,38-,39-,41+,42+,43?,44-/m0/s1. The van der Waals surface area contributed by atoms with Crippen LogP contribution in [0.2, 0.25) is 0 Å². The van der Waals surface area contributed by atoms with Crippen LogP contribution in [0.1, 0.15) is 78.6 Å². The minimum absolute atomic E-state index is 0.0837. The Morgan fingerprint density at radius 3 is 1.83 bits per heavy atom. The summed E-state index contributed by atoms with van der Waals surface area (Å²) in [5, 5.41) is 138. The molecule has 4 aliphatic heterocycles. The van der Waals surface area contributed by atoms with Gasteiger partial charge in [0.2, 0.25) is 6.29 Å². The average Bonchev–Trinajstić information content (AvgIpc) is 3.48. The molecule has 26 atom stereocenters. The lowest BCUT2D eigenvalue weighted by Crippen LogP contribution is -2.67. The Hall–Kier alpha value is -1.59. The highest BCUT2D eigenvalue weighted by atomic mass is 16.8. The van der Waals surface area contributed by atoms with Gasteiger partial charge in [0.05, 0.1) is 36.9 Å². The van der Waals surface area contributed by atoms with Crippen molar-refractivity contribution in [1.82, 2.24) is 0 Å². The van der Waals surface area contributed by atoms with Crippen molar-refractivity contribution in [1.29, 1.82) is 0 Å². The summed E-state index contributed by atoms with van der Waals surface area (Å²) in [5.41, 5.74) is -2.00. The minimum atomic E-state index is -1.88. The van der Waals surface area contributed by atoms with Crippen LogP contribution in [-0.2, 0) is 42.7 Å². The van der Waals surface area contributed by atoms with E-state index in [4.69, 9.17) is 37.9 Å². The summed E-state index contributed by atoms with van der Waals surface area (Å²) >= 11 is 0. The van der Waals surface area contributed by atoms with Gasteiger partial charge in [0.25, 0.3) is 0 Å². The molecule has 4 saturated carbocycles. The van der Waals surface area contributed by atoms with Crippen molar-refractivity contribution < 1.29 is 109 Å². The summed E-state index contributed by atoms with van der Waals surface area (Å²) in [7, 11) is 0. The maximum absolute atomic E-state index is 14.2. The van der Waals surface area contributed by atoms with Gasteiger partial charge >= 0.3 is 5.97 Å². The number of rotatable bonds is 11. The zero-order valence-electron chi connectivity index (χ0n) is 37.4. The minimum Gasteiger partial charge on any atom is -0.432 e. The molecule has 4 saturated heterocycles. The van der Waals surface area contributed by atoms with Gasteiger partial charge in [-0.2, -0.15) is 0 Å². The monoisotopic (exact) mass is 950 g/mol. The van der Waals surface area contributed by atoms with E-state index in [1.165, 1.54) is 6.92 Å². The maximum Gasteiger partial charge on any atom is 0.314 e. The van der Waals surface area contributed by atoms with Crippen LogP contribution < -0.4 is 0 Å². The van der Waals surface area contributed by atoms with Crippen LogP contribution in [0.4, 0.5) is 0 Å². The summed E-state index contributed by atoms with van der Waals surface area (Å²) in [6.45, 7) is 7.71. The summed E-state index contributed by atoms with van der Waals surface area (Å²) in [6, 6.07) is 0. The smallest absolute Gasteiger partial charge is 0.314 e.